The lowest BCUT2D eigenvalue weighted by Gasteiger charge is -2.33. The third-order valence-corrected chi connectivity index (χ3v) is 3.32. The molecule has 1 amide bonds. The maximum Gasteiger partial charge on any atom is 0.273 e. The zero-order valence-electron chi connectivity index (χ0n) is 11.6. The number of piperazine rings is 1. The summed E-state index contributed by atoms with van der Waals surface area (Å²) in [6.07, 6.45) is 0. The molecule has 108 valence electrons. The van der Waals surface area contributed by atoms with Crippen LogP contribution in [-0.2, 0) is 4.79 Å². The van der Waals surface area contributed by atoms with E-state index in [4.69, 9.17) is 0 Å². The van der Waals surface area contributed by atoms with Gasteiger partial charge in [-0.1, -0.05) is 0 Å². The van der Waals surface area contributed by atoms with Gasteiger partial charge in [-0.25, -0.2) is 0 Å². The number of hydrogen-bond donors (Lipinski definition) is 1. The third kappa shape index (κ3) is 2.98. The number of carbonyl (C=O) groups excluding carboxylic acids is 1. The standard InChI is InChI=1S/C13H18N4O3/c1-3-14-10-6-11(8-12(7-10)17(19)20)16-5-4-15(2)13(18)9-16/h6-8,14H,3-5,9H2,1-2H3. The van der Waals surface area contributed by atoms with Crippen molar-refractivity contribution in [2.24, 2.45) is 0 Å². The smallest absolute Gasteiger partial charge is 0.273 e. The summed E-state index contributed by atoms with van der Waals surface area (Å²) in [4.78, 5) is 25.9. The molecule has 7 nitrogen and oxygen atoms in total. The van der Waals surface area contributed by atoms with Gasteiger partial charge in [0.25, 0.3) is 5.69 Å². The van der Waals surface area contributed by atoms with Crippen molar-refractivity contribution in [3.63, 3.8) is 0 Å². The summed E-state index contributed by atoms with van der Waals surface area (Å²) in [5.74, 6) is 0.0211. The zero-order chi connectivity index (χ0) is 14.7. The Kier molecular flexibility index (Phi) is 4.07. The van der Waals surface area contributed by atoms with E-state index in [1.807, 2.05) is 17.9 Å². The lowest BCUT2D eigenvalue weighted by molar-refractivity contribution is -0.384. The fourth-order valence-electron chi connectivity index (χ4n) is 2.17. The number of benzene rings is 1. The molecule has 1 aromatic carbocycles. The average molecular weight is 278 g/mol. The molecule has 0 aromatic heterocycles. The lowest BCUT2D eigenvalue weighted by atomic mass is 10.2. The lowest BCUT2D eigenvalue weighted by Crippen LogP contribution is -2.48. The van der Waals surface area contributed by atoms with Gasteiger partial charge in [-0.05, 0) is 13.0 Å². The first-order chi connectivity index (χ1) is 9.51. The number of nitrogens with zero attached hydrogens (tertiary/aromatic N) is 3. The Morgan fingerprint density at radius 3 is 2.70 bits per heavy atom. The molecule has 1 N–H and O–H groups in total. The van der Waals surface area contributed by atoms with Crippen LogP contribution in [0.2, 0.25) is 0 Å². The quantitative estimate of drug-likeness (QED) is 0.663. The number of rotatable bonds is 4. The minimum Gasteiger partial charge on any atom is -0.385 e. The highest BCUT2D eigenvalue weighted by atomic mass is 16.6. The molecule has 0 bridgehead atoms. The Morgan fingerprint density at radius 2 is 2.10 bits per heavy atom. The summed E-state index contributed by atoms with van der Waals surface area (Å²) >= 11 is 0. The first-order valence-electron chi connectivity index (χ1n) is 6.53. The van der Waals surface area contributed by atoms with Crippen molar-refractivity contribution in [1.29, 1.82) is 0 Å². The second-order valence-corrected chi connectivity index (χ2v) is 4.76. The zero-order valence-corrected chi connectivity index (χ0v) is 11.6. The van der Waals surface area contributed by atoms with Gasteiger partial charge in [0.1, 0.15) is 0 Å². The van der Waals surface area contributed by atoms with Crippen LogP contribution >= 0.6 is 0 Å². The number of nitro benzene ring substituents is 1. The van der Waals surface area contributed by atoms with Gasteiger partial charge in [0.2, 0.25) is 5.91 Å². The van der Waals surface area contributed by atoms with Gasteiger partial charge in [-0.2, -0.15) is 0 Å². The molecule has 7 heteroatoms. The van der Waals surface area contributed by atoms with E-state index in [9.17, 15) is 14.9 Å². The van der Waals surface area contributed by atoms with E-state index >= 15 is 0 Å². The van der Waals surface area contributed by atoms with Crippen LogP contribution in [0, 0.1) is 10.1 Å². The maximum atomic E-state index is 11.7. The van der Waals surface area contributed by atoms with Gasteiger partial charge < -0.3 is 15.1 Å². The van der Waals surface area contributed by atoms with E-state index in [1.165, 1.54) is 12.1 Å². The predicted octanol–water partition coefficient (Wildman–Crippen LogP) is 1.30. The van der Waals surface area contributed by atoms with Crippen molar-refractivity contribution in [1.82, 2.24) is 4.90 Å². The van der Waals surface area contributed by atoms with Crippen LogP contribution in [0.3, 0.4) is 0 Å². The molecular weight excluding hydrogens is 260 g/mol. The van der Waals surface area contributed by atoms with Crippen molar-refractivity contribution in [3.05, 3.63) is 28.3 Å². The summed E-state index contributed by atoms with van der Waals surface area (Å²) in [6.45, 7) is 4.16. The fourth-order valence-corrected chi connectivity index (χ4v) is 2.17. The molecule has 1 aromatic rings. The second-order valence-electron chi connectivity index (χ2n) is 4.76. The van der Waals surface area contributed by atoms with Crippen molar-refractivity contribution >= 4 is 23.0 Å². The minimum absolute atomic E-state index is 0.0211. The van der Waals surface area contributed by atoms with Gasteiger partial charge in [0.15, 0.2) is 0 Å². The van der Waals surface area contributed by atoms with E-state index in [2.05, 4.69) is 5.32 Å². The molecule has 1 aliphatic rings. The molecule has 2 rings (SSSR count). The van der Waals surface area contributed by atoms with E-state index in [1.54, 1.807) is 11.9 Å². The fraction of sp³-hybridized carbons (Fsp3) is 0.462. The van der Waals surface area contributed by atoms with Crippen LogP contribution in [0.4, 0.5) is 17.1 Å². The van der Waals surface area contributed by atoms with Crippen LogP contribution in [0.15, 0.2) is 18.2 Å². The van der Waals surface area contributed by atoms with Crippen LogP contribution in [0.1, 0.15) is 6.92 Å². The summed E-state index contributed by atoms with van der Waals surface area (Å²) in [7, 11) is 1.76. The van der Waals surface area contributed by atoms with Gasteiger partial charge in [-0.3, -0.25) is 14.9 Å². The average Bonchev–Trinajstić information content (AvgIpc) is 2.42. The maximum absolute atomic E-state index is 11.7. The first kappa shape index (κ1) is 14.1. The normalized spacial score (nSPS) is 15.4. The largest absolute Gasteiger partial charge is 0.385 e. The molecule has 0 radical (unpaired) electrons. The van der Waals surface area contributed by atoms with Crippen LogP contribution < -0.4 is 10.2 Å². The van der Waals surface area contributed by atoms with Crippen molar-refractivity contribution in [3.8, 4) is 0 Å². The Hall–Kier alpha value is -2.31. The Bertz CT molecular complexity index is 532. The summed E-state index contributed by atoms with van der Waals surface area (Å²) < 4.78 is 0. The van der Waals surface area contributed by atoms with Crippen molar-refractivity contribution in [2.75, 3.05) is 43.4 Å². The summed E-state index contributed by atoms with van der Waals surface area (Å²) in [6, 6.07) is 4.86. The van der Waals surface area contributed by atoms with E-state index in [0.29, 0.717) is 31.0 Å². The van der Waals surface area contributed by atoms with E-state index in [0.717, 1.165) is 0 Å². The highest BCUT2D eigenvalue weighted by Crippen LogP contribution is 2.27. The molecule has 0 aliphatic carbocycles. The highest BCUT2D eigenvalue weighted by Gasteiger charge is 2.23. The van der Waals surface area contributed by atoms with Crippen LogP contribution in [-0.4, -0.2) is 49.0 Å². The minimum atomic E-state index is -0.414. The molecule has 1 heterocycles. The number of anilines is 2. The van der Waals surface area contributed by atoms with Crippen molar-refractivity contribution in [2.45, 2.75) is 6.92 Å². The first-order valence-corrected chi connectivity index (χ1v) is 6.53. The molecule has 1 aliphatic heterocycles. The van der Waals surface area contributed by atoms with Gasteiger partial charge in [0.05, 0.1) is 11.5 Å². The van der Waals surface area contributed by atoms with E-state index in [-0.39, 0.29) is 18.1 Å². The summed E-state index contributed by atoms with van der Waals surface area (Å²) in [5, 5.41) is 14.1. The molecule has 0 spiro atoms. The monoisotopic (exact) mass is 278 g/mol. The molecule has 0 unspecified atom stereocenters. The number of carbonyl (C=O) groups is 1. The predicted molar refractivity (Wildman–Crippen MR) is 77.1 cm³/mol. The number of nitrogens with one attached hydrogen (secondary N) is 1. The Morgan fingerprint density at radius 1 is 1.35 bits per heavy atom. The van der Waals surface area contributed by atoms with Crippen LogP contribution in [0.5, 0.6) is 0 Å². The number of likely N-dealkylation sites (N-methyl/N-ethyl adjacent to an activating group) is 1. The second kappa shape index (κ2) is 5.77. The highest BCUT2D eigenvalue weighted by molar-refractivity contribution is 5.83. The molecule has 20 heavy (non-hydrogen) atoms. The number of hydrogen-bond acceptors (Lipinski definition) is 5. The van der Waals surface area contributed by atoms with Gasteiger partial charge >= 0.3 is 0 Å². The SMILES string of the molecule is CCNc1cc(N2CCN(C)C(=O)C2)cc([N+](=O)[O-])c1. The molecule has 1 fully saturated rings. The van der Waals surface area contributed by atoms with Gasteiger partial charge in [0, 0.05) is 50.2 Å². The molecule has 1 saturated heterocycles. The third-order valence-electron chi connectivity index (χ3n) is 3.32. The molecular formula is C13H18N4O3. The Labute approximate surface area is 117 Å². The summed E-state index contributed by atoms with van der Waals surface area (Å²) in [5.41, 5.74) is 1.43. The molecule has 0 atom stereocenters. The topological polar surface area (TPSA) is 78.7 Å². The van der Waals surface area contributed by atoms with Gasteiger partial charge in [-0.15, -0.1) is 0 Å². The molecule has 0 saturated carbocycles. The van der Waals surface area contributed by atoms with Crippen molar-refractivity contribution < 1.29 is 9.72 Å². The van der Waals surface area contributed by atoms with Crippen LogP contribution in [0.25, 0.3) is 0 Å². The number of amides is 1. The number of nitro groups is 1. The number of non-ortho nitro benzene ring substituents is 1. The Balaban J connectivity index is 2.30. The van der Waals surface area contributed by atoms with E-state index < -0.39 is 4.92 Å².